The lowest BCUT2D eigenvalue weighted by Gasteiger charge is -2.28. The molecule has 16 heteroatoms. The van der Waals surface area contributed by atoms with E-state index in [-0.39, 0.29) is 24.8 Å². The van der Waals surface area contributed by atoms with Crippen molar-refractivity contribution in [1.29, 1.82) is 0 Å². The third-order valence-electron chi connectivity index (χ3n) is 6.01. The summed E-state index contributed by atoms with van der Waals surface area (Å²) in [6.07, 6.45) is -2.77. The number of esters is 1. The molecule has 0 spiro atoms. The lowest BCUT2D eigenvalue weighted by molar-refractivity contribution is -0.144. The van der Waals surface area contributed by atoms with E-state index in [1.165, 1.54) is 17.8 Å². The van der Waals surface area contributed by atoms with Crippen molar-refractivity contribution in [2.45, 2.75) is 50.9 Å². The van der Waals surface area contributed by atoms with Gasteiger partial charge in [-0.2, -0.15) is 9.97 Å². The predicted molar refractivity (Wildman–Crippen MR) is 145 cm³/mol. The summed E-state index contributed by atoms with van der Waals surface area (Å²) < 4.78 is 40.2. The number of nitrogen functional groups attached to an aromatic ring is 1. The van der Waals surface area contributed by atoms with E-state index in [9.17, 15) is 9.90 Å². The smallest absolute Gasteiger partial charge is 0.323 e. The summed E-state index contributed by atoms with van der Waals surface area (Å²) in [7, 11) is 1.64. The van der Waals surface area contributed by atoms with Crippen LogP contribution in [-0.2, 0) is 30.6 Å². The van der Waals surface area contributed by atoms with Gasteiger partial charge in [-0.3, -0.25) is 9.36 Å². The number of aliphatic hydroxyl groups is 1. The van der Waals surface area contributed by atoms with Gasteiger partial charge in [0.25, 0.3) is 0 Å². The molecule has 1 aliphatic heterocycles. The van der Waals surface area contributed by atoms with Crippen LogP contribution in [0.25, 0.3) is 11.2 Å². The van der Waals surface area contributed by atoms with Crippen molar-refractivity contribution in [1.82, 2.24) is 24.6 Å². The number of nitrogens with zero attached hydrogens (tertiary/aromatic N) is 4. The van der Waals surface area contributed by atoms with Crippen molar-refractivity contribution in [3.63, 3.8) is 0 Å². The number of hydrogen-bond acceptors (Lipinski definition) is 12. The third-order valence-corrected chi connectivity index (χ3v) is 8.51. The molecule has 0 amide bonds. The number of aromatic nitrogens is 4. The number of carbonyl (C=O) groups excluding carboxylic acids is 1. The molecule has 1 saturated heterocycles. The number of rotatable bonds is 11. The van der Waals surface area contributed by atoms with Gasteiger partial charge in [0.1, 0.15) is 24.0 Å². The highest BCUT2D eigenvalue weighted by Gasteiger charge is 2.55. The Morgan fingerprint density at radius 3 is 2.77 bits per heavy atom. The van der Waals surface area contributed by atoms with Gasteiger partial charge < -0.3 is 34.7 Å². The Kier molecular flexibility index (Phi) is 8.69. The molecule has 0 aliphatic carbocycles. The topological polar surface area (TPSA) is 168 Å². The van der Waals surface area contributed by atoms with E-state index >= 15 is 4.39 Å². The Hall–Kier alpha value is -2.94. The van der Waals surface area contributed by atoms with Gasteiger partial charge in [-0.1, -0.05) is 18.2 Å². The molecule has 2 aromatic heterocycles. The Morgan fingerprint density at radius 1 is 1.38 bits per heavy atom. The number of ether oxygens (including phenoxy) is 2. The third kappa shape index (κ3) is 6.13. The number of hydrogen-bond donors (Lipinski definition) is 4. The van der Waals surface area contributed by atoms with Crippen LogP contribution >= 0.6 is 6.64 Å². The average molecular weight is 584 g/mol. The van der Waals surface area contributed by atoms with Gasteiger partial charge >= 0.3 is 12.6 Å². The van der Waals surface area contributed by atoms with E-state index in [0.29, 0.717) is 17.1 Å². The number of alkyl halides is 1. The fourth-order valence-corrected chi connectivity index (χ4v) is 6.49. The Morgan fingerprint density at radius 2 is 2.10 bits per heavy atom. The van der Waals surface area contributed by atoms with Crippen molar-refractivity contribution in [2.75, 3.05) is 31.3 Å². The highest BCUT2D eigenvalue weighted by Crippen LogP contribution is 2.48. The number of fused-ring (bicyclic) bond motifs is 1. The number of aliphatic hydroxyl groups excluding tert-OH is 1. The largest absolute Gasteiger partial charge is 0.465 e. The summed E-state index contributed by atoms with van der Waals surface area (Å²) in [6, 6.07) is 7.78. The maximum Gasteiger partial charge on any atom is 0.323 e. The van der Waals surface area contributed by atoms with Gasteiger partial charge in [-0.15, -0.1) is 0 Å². The van der Waals surface area contributed by atoms with Crippen LogP contribution in [-0.4, -0.2) is 74.8 Å². The van der Waals surface area contributed by atoms with Crippen LogP contribution in [0.2, 0.25) is 0 Å². The molecule has 1 aromatic carbocycles. The SMILES string of the molecule is CCOC(=O)[C@H](C)NP(=S)(OC[C@H]1O[C@@H](n2cnc3c(NC)nc(N)nc32)[C@](C)(F)[C@@H]1O)Oc1ccccc1. The maximum absolute atomic E-state index is 16.0. The summed E-state index contributed by atoms with van der Waals surface area (Å²) in [5.41, 5.74) is 4.11. The van der Waals surface area contributed by atoms with Crippen LogP contribution < -0.4 is 20.7 Å². The molecule has 13 nitrogen and oxygen atoms in total. The zero-order chi connectivity index (χ0) is 28.4. The summed E-state index contributed by atoms with van der Waals surface area (Å²) >= 11 is 5.67. The summed E-state index contributed by atoms with van der Waals surface area (Å²) in [4.78, 5) is 24.8. The first-order chi connectivity index (χ1) is 18.5. The predicted octanol–water partition coefficient (Wildman–Crippen LogP) is 2.30. The van der Waals surface area contributed by atoms with Crippen LogP contribution in [0.3, 0.4) is 0 Å². The molecule has 5 N–H and O–H groups in total. The van der Waals surface area contributed by atoms with Crippen LogP contribution in [0.5, 0.6) is 5.75 Å². The van der Waals surface area contributed by atoms with Gasteiger partial charge in [-0.05, 0) is 44.7 Å². The minimum Gasteiger partial charge on any atom is -0.465 e. The molecule has 212 valence electrons. The molecule has 3 heterocycles. The molecule has 6 atom stereocenters. The quantitative estimate of drug-likeness (QED) is 0.192. The second-order valence-electron chi connectivity index (χ2n) is 8.93. The van der Waals surface area contributed by atoms with Crippen molar-refractivity contribution < 1.29 is 32.8 Å². The molecule has 1 fully saturated rings. The molecule has 4 rings (SSSR count). The van der Waals surface area contributed by atoms with Crippen molar-refractivity contribution in [2.24, 2.45) is 0 Å². The van der Waals surface area contributed by atoms with E-state index in [0.717, 1.165) is 0 Å². The molecule has 0 radical (unpaired) electrons. The highest BCUT2D eigenvalue weighted by atomic mass is 32.5. The van der Waals surface area contributed by atoms with E-state index in [2.05, 4.69) is 25.4 Å². The number of nitrogens with two attached hydrogens (primary N) is 1. The highest BCUT2D eigenvalue weighted by molar-refractivity contribution is 8.09. The number of imidazole rings is 1. The molecule has 0 saturated carbocycles. The Bertz CT molecular complexity index is 1360. The number of nitrogens with one attached hydrogen (secondary N) is 2. The van der Waals surface area contributed by atoms with Crippen LogP contribution in [0.4, 0.5) is 16.2 Å². The second-order valence-corrected chi connectivity index (χ2v) is 12.1. The standard InChI is InChI=1S/C23H31FN7O6PS/c1-5-34-20(33)13(2)30-38(39,37-14-9-7-6-8-10-14)35-11-15-17(32)23(3,24)21(36-15)31-12-27-16-18(26-4)28-22(25)29-19(16)31/h6-10,12-13,15,17,21,32H,5,11H2,1-4H3,(H,30,39)(H3,25,26,28,29)/t13-,15+,17+,21+,23+,38?/m0/s1. The monoisotopic (exact) mass is 583 g/mol. The van der Waals surface area contributed by atoms with Gasteiger partial charge in [0.05, 0.1) is 19.5 Å². The summed E-state index contributed by atoms with van der Waals surface area (Å²) in [5.74, 6) is 0.159. The molecule has 39 heavy (non-hydrogen) atoms. The average Bonchev–Trinajstić information content (AvgIpc) is 3.40. The molecule has 1 aliphatic rings. The molecular formula is C23H31FN7O6PS. The van der Waals surface area contributed by atoms with Gasteiger partial charge in [0.2, 0.25) is 5.95 Å². The molecule has 3 aromatic rings. The van der Waals surface area contributed by atoms with Crippen molar-refractivity contribution in [3.05, 3.63) is 36.7 Å². The minimum absolute atomic E-state index is 0.0480. The number of halogens is 1. The first-order valence-corrected chi connectivity index (χ1v) is 14.8. The van der Waals surface area contributed by atoms with Gasteiger partial charge in [-0.25, -0.2) is 14.5 Å². The lowest BCUT2D eigenvalue weighted by Crippen LogP contribution is -2.41. The summed E-state index contributed by atoms with van der Waals surface area (Å²) in [5, 5.41) is 16.7. The first kappa shape index (κ1) is 29.1. The van der Waals surface area contributed by atoms with Gasteiger partial charge in [0, 0.05) is 7.05 Å². The molecule has 1 unspecified atom stereocenters. The van der Waals surface area contributed by atoms with Crippen LogP contribution in [0.1, 0.15) is 27.0 Å². The maximum atomic E-state index is 16.0. The second kappa shape index (κ2) is 11.7. The van der Waals surface area contributed by atoms with Gasteiger partial charge in [0.15, 0.2) is 28.9 Å². The van der Waals surface area contributed by atoms with E-state index < -0.39 is 42.8 Å². The normalized spacial score (nSPS) is 25.2. The number of benzene rings is 1. The van der Waals surface area contributed by atoms with Crippen molar-refractivity contribution in [3.8, 4) is 5.75 Å². The van der Waals surface area contributed by atoms with Crippen molar-refractivity contribution >= 4 is 47.3 Å². The fraction of sp³-hybridized carbons (Fsp3) is 0.478. The van der Waals surface area contributed by atoms with Crippen LogP contribution in [0.15, 0.2) is 36.7 Å². The molecular weight excluding hydrogens is 552 g/mol. The number of para-hydroxylation sites is 1. The van der Waals surface area contributed by atoms with E-state index in [4.69, 9.17) is 36.1 Å². The number of carbonyl (C=O) groups is 1. The Labute approximate surface area is 229 Å². The lowest BCUT2D eigenvalue weighted by atomic mass is 9.98. The van der Waals surface area contributed by atoms with Crippen LogP contribution in [0, 0.1) is 0 Å². The van der Waals surface area contributed by atoms with E-state index in [1.54, 1.807) is 51.2 Å². The molecule has 0 bridgehead atoms. The zero-order valence-corrected chi connectivity index (χ0v) is 23.5. The fourth-order valence-electron chi connectivity index (χ4n) is 4.07. The first-order valence-electron chi connectivity index (χ1n) is 12.1. The van der Waals surface area contributed by atoms with E-state index in [1.807, 2.05) is 0 Å². The summed E-state index contributed by atoms with van der Waals surface area (Å²) in [6.45, 7) is 0.851. The number of anilines is 2. The zero-order valence-electron chi connectivity index (χ0n) is 21.8. The minimum atomic E-state index is -3.43. The Balaban J connectivity index is 1.57.